The fraction of sp³-hybridized carbons (Fsp3) is 0.372. The lowest BCUT2D eigenvalue weighted by Gasteiger charge is -2.39. The van der Waals surface area contributed by atoms with Gasteiger partial charge in [-0.1, -0.05) is 86.6 Å². The molecule has 52 heavy (non-hydrogen) atoms. The Balaban J connectivity index is 1.21. The molecule has 3 amide bonds. The number of aryl methyl sites for hydroxylation is 1. The first kappa shape index (κ1) is 36.8. The summed E-state index contributed by atoms with van der Waals surface area (Å²) in [6, 6.07) is 26.3. The zero-order valence-electron chi connectivity index (χ0n) is 30.5. The third-order valence-corrected chi connectivity index (χ3v) is 10.4. The van der Waals surface area contributed by atoms with Crippen molar-refractivity contribution in [3.63, 3.8) is 0 Å². The molecule has 0 saturated heterocycles. The Morgan fingerprint density at radius 3 is 2.29 bits per heavy atom. The molecule has 0 radical (unpaired) electrons. The number of nitrogens with zero attached hydrogens (tertiary/aromatic N) is 1. The van der Waals surface area contributed by atoms with Crippen LogP contribution < -0.4 is 20.7 Å². The molecule has 0 bridgehead atoms. The summed E-state index contributed by atoms with van der Waals surface area (Å²) in [6.07, 6.45) is 3.39. The van der Waals surface area contributed by atoms with E-state index in [9.17, 15) is 18.8 Å². The fourth-order valence-corrected chi connectivity index (χ4v) is 7.24. The Hall–Kier alpha value is -5.02. The number of rotatable bonds is 12. The van der Waals surface area contributed by atoms with Gasteiger partial charge in [0, 0.05) is 19.4 Å². The van der Waals surface area contributed by atoms with Crippen LogP contribution in [0.1, 0.15) is 84.5 Å². The molecule has 0 aromatic heterocycles. The highest BCUT2D eigenvalue weighted by Gasteiger charge is 2.39. The van der Waals surface area contributed by atoms with Gasteiger partial charge in [0.2, 0.25) is 17.7 Å². The van der Waals surface area contributed by atoms with Crippen LogP contribution in [0.25, 0.3) is 0 Å². The van der Waals surface area contributed by atoms with Crippen LogP contribution in [-0.4, -0.2) is 47.8 Å². The molecule has 6 rings (SSSR count). The number of nitrogens with one attached hydrogen (secondary N) is 3. The number of hydrogen-bond donors (Lipinski definition) is 3. The van der Waals surface area contributed by atoms with Crippen molar-refractivity contribution in [2.45, 2.75) is 96.1 Å². The minimum absolute atomic E-state index is 0.0953. The van der Waals surface area contributed by atoms with E-state index in [1.165, 1.54) is 11.6 Å². The second kappa shape index (κ2) is 16.5. The molecule has 0 fully saturated rings. The minimum atomic E-state index is -0.923. The molecular formula is C43H49FN4O4. The van der Waals surface area contributed by atoms with Gasteiger partial charge in [-0.3, -0.25) is 14.4 Å². The molecule has 4 aromatic carbocycles. The van der Waals surface area contributed by atoms with E-state index in [4.69, 9.17) is 4.74 Å². The Morgan fingerprint density at radius 1 is 0.885 bits per heavy atom. The van der Waals surface area contributed by atoms with Crippen LogP contribution in [-0.2, 0) is 46.8 Å². The van der Waals surface area contributed by atoms with E-state index in [1.807, 2.05) is 80.6 Å². The quantitative estimate of drug-likeness (QED) is 0.161. The SMILES string of the molecule is CN[C@@H](C)C(=O)N[C@@H](Cc1ccc(OCc2ccc(C(C)C)c(F)c2)cc1)C(=O)N1Cc2ccccc2C[C@H]1C(=O)N[C@@H]1CCCc2ccccc21. The maximum absolute atomic E-state index is 14.6. The van der Waals surface area contributed by atoms with E-state index in [2.05, 4.69) is 28.1 Å². The number of carbonyl (C=O) groups is 3. The average Bonchev–Trinajstić information content (AvgIpc) is 3.16. The molecule has 4 aromatic rings. The lowest BCUT2D eigenvalue weighted by Crippen LogP contribution is -2.59. The van der Waals surface area contributed by atoms with Gasteiger partial charge < -0.3 is 25.6 Å². The van der Waals surface area contributed by atoms with Gasteiger partial charge in [-0.05, 0) is 96.3 Å². The van der Waals surface area contributed by atoms with E-state index >= 15 is 0 Å². The van der Waals surface area contributed by atoms with Crippen molar-refractivity contribution in [3.05, 3.63) is 136 Å². The predicted octanol–water partition coefficient (Wildman–Crippen LogP) is 6.31. The monoisotopic (exact) mass is 704 g/mol. The standard InChI is InChI=1S/C43H49FN4O4/c1-27(2)35-21-18-30(22-37(35)44)26-52-34-19-16-29(17-20-34)23-39(47-41(49)28(3)45-4)43(51)48-25-33-12-6-5-11-32(33)24-40(48)42(50)46-38-15-9-13-31-10-7-8-14-36(31)38/h5-8,10-12,14,16-22,27-28,38-40,45H,9,13,15,23-26H2,1-4H3,(H,46,50)(H,47,49)/t28-,38+,39-,40-/m0/s1. The van der Waals surface area contributed by atoms with Crippen molar-refractivity contribution in [2.24, 2.45) is 0 Å². The topological polar surface area (TPSA) is 99.8 Å². The lowest BCUT2D eigenvalue weighted by molar-refractivity contribution is -0.145. The normalized spacial score (nSPS) is 17.8. The summed E-state index contributed by atoms with van der Waals surface area (Å²) in [6.45, 7) is 6.12. The van der Waals surface area contributed by atoms with Gasteiger partial charge in [0.15, 0.2) is 0 Å². The van der Waals surface area contributed by atoms with E-state index in [-0.39, 0.29) is 55.1 Å². The zero-order valence-corrected chi connectivity index (χ0v) is 30.5. The number of hydrogen-bond acceptors (Lipinski definition) is 5. The van der Waals surface area contributed by atoms with Crippen molar-refractivity contribution in [3.8, 4) is 5.75 Å². The van der Waals surface area contributed by atoms with Crippen molar-refractivity contribution in [2.75, 3.05) is 7.05 Å². The van der Waals surface area contributed by atoms with Gasteiger partial charge in [0.25, 0.3) is 0 Å². The Morgan fingerprint density at radius 2 is 1.58 bits per heavy atom. The summed E-state index contributed by atoms with van der Waals surface area (Å²) < 4.78 is 20.5. The summed E-state index contributed by atoms with van der Waals surface area (Å²) >= 11 is 0. The van der Waals surface area contributed by atoms with E-state index < -0.39 is 18.1 Å². The second-order valence-corrected chi connectivity index (χ2v) is 14.3. The van der Waals surface area contributed by atoms with Gasteiger partial charge in [-0.25, -0.2) is 4.39 Å². The van der Waals surface area contributed by atoms with Crippen molar-refractivity contribution in [1.29, 1.82) is 0 Å². The molecule has 272 valence electrons. The molecule has 1 heterocycles. The second-order valence-electron chi connectivity index (χ2n) is 14.3. The third-order valence-electron chi connectivity index (χ3n) is 10.4. The lowest BCUT2D eigenvalue weighted by atomic mass is 9.87. The maximum Gasteiger partial charge on any atom is 0.246 e. The van der Waals surface area contributed by atoms with E-state index in [0.717, 1.165) is 47.1 Å². The van der Waals surface area contributed by atoms with Crippen LogP contribution in [0.3, 0.4) is 0 Å². The molecule has 1 aliphatic carbocycles. The average molecular weight is 705 g/mol. The predicted molar refractivity (Wildman–Crippen MR) is 200 cm³/mol. The van der Waals surface area contributed by atoms with Gasteiger partial charge in [-0.2, -0.15) is 0 Å². The summed E-state index contributed by atoms with van der Waals surface area (Å²) in [5.74, 6) is -0.373. The Labute approximate surface area is 306 Å². The molecular weight excluding hydrogens is 655 g/mol. The largest absolute Gasteiger partial charge is 0.489 e. The van der Waals surface area contributed by atoms with Gasteiger partial charge in [-0.15, -0.1) is 0 Å². The Bertz CT molecular complexity index is 1890. The molecule has 3 N–H and O–H groups in total. The van der Waals surface area contributed by atoms with Crippen LogP contribution in [0.5, 0.6) is 5.75 Å². The van der Waals surface area contributed by atoms with Gasteiger partial charge in [0.05, 0.1) is 12.1 Å². The van der Waals surface area contributed by atoms with E-state index in [1.54, 1.807) is 24.9 Å². The molecule has 0 spiro atoms. The van der Waals surface area contributed by atoms with Crippen LogP contribution in [0, 0.1) is 5.82 Å². The number of benzene rings is 4. The summed E-state index contributed by atoms with van der Waals surface area (Å²) in [7, 11) is 1.69. The summed E-state index contributed by atoms with van der Waals surface area (Å²) in [5, 5.41) is 9.22. The van der Waals surface area contributed by atoms with Crippen molar-refractivity contribution >= 4 is 17.7 Å². The number of fused-ring (bicyclic) bond motifs is 2. The highest BCUT2D eigenvalue weighted by molar-refractivity contribution is 5.94. The highest BCUT2D eigenvalue weighted by Crippen LogP contribution is 2.31. The molecule has 4 atom stereocenters. The number of likely N-dealkylation sites (N-methyl/N-ethyl adjacent to an activating group) is 1. The van der Waals surface area contributed by atoms with E-state index in [0.29, 0.717) is 17.7 Å². The molecule has 8 nitrogen and oxygen atoms in total. The maximum atomic E-state index is 14.6. The molecule has 0 saturated carbocycles. The van der Waals surface area contributed by atoms with Crippen LogP contribution in [0.15, 0.2) is 91.0 Å². The number of amides is 3. The number of carbonyl (C=O) groups excluding carboxylic acids is 3. The zero-order chi connectivity index (χ0) is 36.8. The minimum Gasteiger partial charge on any atom is -0.489 e. The van der Waals surface area contributed by atoms with Crippen LogP contribution in [0.2, 0.25) is 0 Å². The van der Waals surface area contributed by atoms with Gasteiger partial charge >= 0.3 is 0 Å². The number of ether oxygens (including phenoxy) is 1. The first-order chi connectivity index (χ1) is 25.1. The summed E-state index contributed by atoms with van der Waals surface area (Å²) in [5.41, 5.74) is 6.61. The third kappa shape index (κ3) is 8.53. The first-order valence-corrected chi connectivity index (χ1v) is 18.3. The highest BCUT2D eigenvalue weighted by atomic mass is 19.1. The first-order valence-electron chi connectivity index (χ1n) is 18.3. The molecule has 0 unspecified atom stereocenters. The van der Waals surface area contributed by atoms with Gasteiger partial charge in [0.1, 0.15) is 30.3 Å². The van der Waals surface area contributed by atoms with Crippen molar-refractivity contribution < 1.29 is 23.5 Å². The molecule has 9 heteroatoms. The van der Waals surface area contributed by atoms with Crippen LogP contribution >= 0.6 is 0 Å². The van der Waals surface area contributed by atoms with Crippen molar-refractivity contribution in [1.82, 2.24) is 20.9 Å². The Kier molecular flexibility index (Phi) is 11.7. The summed E-state index contributed by atoms with van der Waals surface area (Å²) in [4.78, 5) is 43.7. The fourth-order valence-electron chi connectivity index (χ4n) is 7.24. The van der Waals surface area contributed by atoms with Crippen LogP contribution in [0.4, 0.5) is 4.39 Å². The molecule has 1 aliphatic heterocycles. The smallest absolute Gasteiger partial charge is 0.246 e. The molecule has 2 aliphatic rings. The number of halogens is 1.